The second kappa shape index (κ2) is 9.64. The van der Waals surface area contributed by atoms with Crippen molar-refractivity contribution in [2.24, 2.45) is 17.3 Å². The molecule has 7 aliphatic rings. The van der Waals surface area contributed by atoms with Crippen molar-refractivity contribution in [2.45, 2.75) is 93.2 Å². The smallest absolute Gasteiger partial charge is 0.331 e. The number of hydrogen-bond donors (Lipinski definition) is 1. The Balaban J connectivity index is 1.27. The quantitative estimate of drug-likeness (QED) is 0.213. The Morgan fingerprint density at radius 2 is 1.67 bits per heavy atom. The molecule has 49 heavy (non-hydrogen) atoms. The lowest BCUT2D eigenvalue weighted by molar-refractivity contribution is -0.452. The molecule has 0 radical (unpaired) electrons. The molecule has 1 N–H and O–H groups in total. The summed E-state index contributed by atoms with van der Waals surface area (Å²) in [5.74, 6) is -5.42. The molecule has 256 valence electrons. The van der Waals surface area contributed by atoms with E-state index in [9.17, 15) is 14.7 Å². The van der Waals surface area contributed by atoms with Crippen LogP contribution < -0.4 is 0 Å². The Hall–Kier alpha value is -3.48. The molecular formula is C39H40O10. The van der Waals surface area contributed by atoms with Gasteiger partial charge in [-0.1, -0.05) is 80.2 Å². The first-order valence-electron chi connectivity index (χ1n) is 16.9. The molecule has 6 fully saturated rings. The van der Waals surface area contributed by atoms with Crippen LogP contribution in [0.15, 0.2) is 91.0 Å². The van der Waals surface area contributed by atoms with E-state index in [0.717, 1.165) is 5.56 Å². The second-order valence-electron chi connectivity index (χ2n) is 15.3. The van der Waals surface area contributed by atoms with Gasteiger partial charge in [0.05, 0.1) is 12.0 Å². The molecule has 12 atom stereocenters. The SMILES string of the molecule is C=C(C)C12OC3(c4ccccc4)OC1[C@@H]1[C@@H]4O[C@@]45COC(C)(C)O[C@H]5[C@]4(O)C(=O)C=C[C@@]4(C)C1(O3)[C@H](C)[C@H]2OC(=O)/C=C/c1ccccc1. The summed E-state index contributed by atoms with van der Waals surface area (Å²) in [4.78, 5) is 28.0. The zero-order chi connectivity index (χ0) is 34.4. The highest BCUT2D eigenvalue weighted by Crippen LogP contribution is 2.77. The number of ether oxygens (including phenoxy) is 7. The standard InChI is InChI=1S/C39H40O10/c1-22(2)36-29(44-27(41)18-17-24-13-9-7-10-14-24)23(3)38-28(31(36)46-39(48-36,49-38)25-15-11-8-12-16-25)30-35(45-30)21-43-33(4,5)47-32(35)37(42)26(40)19-20-34(37,38)6/h7-20,23,28-32,42H,1,21H2,2-6H3/b18-17+/t23-,28+,29-,30+,31?,32-,34-,35+,36?,37-,38?,39?/m1/s1. The van der Waals surface area contributed by atoms with Gasteiger partial charge in [0.15, 0.2) is 22.8 Å². The number of epoxide rings is 1. The van der Waals surface area contributed by atoms with Gasteiger partial charge >= 0.3 is 11.9 Å². The van der Waals surface area contributed by atoms with Gasteiger partial charge in [-0.3, -0.25) is 4.79 Å². The Labute approximate surface area is 284 Å². The molecule has 3 aliphatic carbocycles. The van der Waals surface area contributed by atoms with E-state index in [4.69, 9.17) is 33.2 Å². The van der Waals surface area contributed by atoms with Gasteiger partial charge in [0.2, 0.25) is 0 Å². The van der Waals surface area contributed by atoms with Gasteiger partial charge in [0.25, 0.3) is 0 Å². The van der Waals surface area contributed by atoms with Crippen molar-refractivity contribution in [1.29, 1.82) is 0 Å². The third kappa shape index (κ3) is 3.60. The van der Waals surface area contributed by atoms with Crippen LogP contribution in [0.4, 0.5) is 0 Å². The van der Waals surface area contributed by atoms with Crippen LogP contribution in [0, 0.1) is 17.3 Å². The van der Waals surface area contributed by atoms with Crippen molar-refractivity contribution in [3.63, 3.8) is 0 Å². The summed E-state index contributed by atoms with van der Waals surface area (Å²) in [7, 11) is 0. The molecule has 4 aliphatic heterocycles. The number of carbonyl (C=O) groups is 2. The largest absolute Gasteiger partial charge is 0.455 e. The molecule has 4 heterocycles. The summed E-state index contributed by atoms with van der Waals surface area (Å²) in [6.07, 6.45) is 2.57. The highest BCUT2D eigenvalue weighted by molar-refractivity contribution is 6.02. The lowest BCUT2D eigenvalue weighted by Gasteiger charge is -2.65. The lowest BCUT2D eigenvalue weighted by Crippen LogP contribution is -2.79. The first kappa shape index (κ1) is 31.5. The number of hydrogen-bond acceptors (Lipinski definition) is 10. The summed E-state index contributed by atoms with van der Waals surface area (Å²) in [5.41, 5.74) is -5.74. The molecule has 1 spiro atoms. The molecule has 10 heteroatoms. The molecule has 0 amide bonds. The van der Waals surface area contributed by atoms with Crippen LogP contribution in [0.25, 0.3) is 6.08 Å². The summed E-state index contributed by atoms with van der Waals surface area (Å²) >= 11 is 0. The Morgan fingerprint density at radius 1 is 0.980 bits per heavy atom. The molecule has 0 aromatic heterocycles. The van der Waals surface area contributed by atoms with E-state index in [1.807, 2.05) is 81.4 Å². The minimum atomic E-state index is -2.16. The van der Waals surface area contributed by atoms with Gasteiger partial charge in [0, 0.05) is 23.5 Å². The molecule has 9 rings (SSSR count). The monoisotopic (exact) mass is 668 g/mol. The van der Waals surface area contributed by atoms with E-state index < -0.39 is 87.6 Å². The molecule has 4 unspecified atom stereocenters. The van der Waals surface area contributed by atoms with Gasteiger partial charge in [0.1, 0.15) is 35.6 Å². The van der Waals surface area contributed by atoms with Crippen molar-refractivity contribution >= 4 is 17.8 Å². The zero-order valence-corrected chi connectivity index (χ0v) is 28.1. The molecule has 3 bridgehead atoms. The van der Waals surface area contributed by atoms with E-state index in [-0.39, 0.29) is 6.61 Å². The molecule has 10 nitrogen and oxygen atoms in total. The second-order valence-corrected chi connectivity index (χ2v) is 15.3. The number of ketones is 1. The summed E-state index contributed by atoms with van der Waals surface area (Å²) in [5, 5.41) is 13.1. The zero-order valence-electron chi connectivity index (χ0n) is 28.1. The van der Waals surface area contributed by atoms with E-state index in [1.165, 1.54) is 12.2 Å². The summed E-state index contributed by atoms with van der Waals surface area (Å²) in [6.45, 7) is 13.6. The van der Waals surface area contributed by atoms with Crippen LogP contribution in [-0.4, -0.2) is 76.1 Å². The molecular weight excluding hydrogens is 628 g/mol. The number of carbonyl (C=O) groups excluding carboxylic acids is 2. The highest BCUT2D eigenvalue weighted by atomic mass is 16.9. The topological polar surface area (TPSA) is 122 Å². The average Bonchev–Trinajstić information content (AvgIpc) is 3.67. The van der Waals surface area contributed by atoms with Gasteiger partial charge in [-0.25, -0.2) is 4.79 Å². The van der Waals surface area contributed by atoms with Gasteiger partial charge < -0.3 is 38.3 Å². The van der Waals surface area contributed by atoms with Crippen molar-refractivity contribution in [3.05, 3.63) is 102 Å². The van der Waals surface area contributed by atoms with Crippen molar-refractivity contribution in [3.8, 4) is 0 Å². The Bertz CT molecular complexity index is 1840. The third-order valence-electron chi connectivity index (χ3n) is 12.4. The van der Waals surface area contributed by atoms with Gasteiger partial charge in [-0.2, -0.15) is 0 Å². The Kier molecular flexibility index (Phi) is 6.20. The number of benzene rings is 2. The average molecular weight is 669 g/mol. The molecule has 2 aromatic rings. The summed E-state index contributed by atoms with van der Waals surface area (Å²) < 4.78 is 47.3. The van der Waals surface area contributed by atoms with Crippen molar-refractivity contribution in [1.82, 2.24) is 0 Å². The number of fused-ring (bicyclic) bond motifs is 3. The fourth-order valence-corrected chi connectivity index (χ4v) is 10.2. The number of rotatable bonds is 5. The fraction of sp³-hybridized carbons (Fsp3) is 0.487. The van der Waals surface area contributed by atoms with E-state index >= 15 is 0 Å². The van der Waals surface area contributed by atoms with Crippen LogP contribution in [0.3, 0.4) is 0 Å². The van der Waals surface area contributed by atoms with Crippen LogP contribution in [-0.2, 0) is 48.7 Å². The normalized spacial score (nSPS) is 47.9. The minimum absolute atomic E-state index is 0.0716. The van der Waals surface area contributed by atoms with Gasteiger partial charge in [-0.15, -0.1) is 0 Å². The van der Waals surface area contributed by atoms with Crippen molar-refractivity contribution in [2.75, 3.05) is 6.61 Å². The molecule has 2 aromatic carbocycles. The Morgan fingerprint density at radius 3 is 2.37 bits per heavy atom. The van der Waals surface area contributed by atoms with Crippen LogP contribution in [0.5, 0.6) is 0 Å². The van der Waals surface area contributed by atoms with Gasteiger partial charge in [-0.05, 0) is 51.0 Å². The predicted molar refractivity (Wildman–Crippen MR) is 173 cm³/mol. The number of esters is 1. The first-order chi connectivity index (χ1) is 23.2. The molecule has 2 saturated carbocycles. The fourth-order valence-electron chi connectivity index (χ4n) is 10.2. The maximum absolute atomic E-state index is 14.2. The minimum Gasteiger partial charge on any atom is -0.455 e. The summed E-state index contributed by atoms with van der Waals surface area (Å²) in [6, 6.07) is 18.7. The van der Waals surface area contributed by atoms with Crippen LogP contribution in [0.2, 0.25) is 0 Å². The van der Waals surface area contributed by atoms with Crippen molar-refractivity contribution < 1.29 is 47.9 Å². The number of aliphatic hydroxyl groups is 1. The predicted octanol–water partition coefficient (Wildman–Crippen LogP) is 4.37. The maximum atomic E-state index is 14.2. The van der Waals surface area contributed by atoms with E-state index in [2.05, 4.69) is 6.58 Å². The lowest BCUT2D eigenvalue weighted by atomic mass is 9.48. The van der Waals surface area contributed by atoms with Crippen LogP contribution in [0.1, 0.15) is 45.7 Å². The maximum Gasteiger partial charge on any atom is 0.331 e. The van der Waals surface area contributed by atoms with E-state index in [1.54, 1.807) is 26.0 Å². The first-order valence-corrected chi connectivity index (χ1v) is 16.9. The molecule has 4 saturated heterocycles. The third-order valence-corrected chi connectivity index (χ3v) is 12.4. The van der Waals surface area contributed by atoms with Crippen LogP contribution >= 0.6 is 0 Å². The van der Waals surface area contributed by atoms with E-state index in [0.29, 0.717) is 11.1 Å². The highest BCUT2D eigenvalue weighted by Gasteiger charge is 2.93.